The van der Waals surface area contributed by atoms with Gasteiger partial charge in [0.05, 0.1) is 42.5 Å². The zero-order valence-corrected chi connectivity index (χ0v) is 20.4. The van der Waals surface area contributed by atoms with Gasteiger partial charge in [0.2, 0.25) is 0 Å². The number of aromatic nitrogens is 5. The number of ether oxygens (including phenoxy) is 3. The van der Waals surface area contributed by atoms with Crippen LogP contribution in [0.2, 0.25) is 0 Å². The number of hydrogen-bond acceptors (Lipinski definition) is 9. The van der Waals surface area contributed by atoms with Crippen LogP contribution in [0.3, 0.4) is 0 Å². The van der Waals surface area contributed by atoms with Crippen LogP contribution in [0.25, 0.3) is 16.9 Å². The van der Waals surface area contributed by atoms with E-state index in [0.29, 0.717) is 30.1 Å². The molecule has 3 aromatic heterocycles. The molecular formula is C24H23F2N7O5. The first-order valence-corrected chi connectivity index (χ1v) is 11.7. The van der Waals surface area contributed by atoms with E-state index in [-0.39, 0.29) is 34.9 Å². The predicted octanol–water partition coefficient (Wildman–Crippen LogP) is 3.37. The fourth-order valence-corrected chi connectivity index (χ4v) is 4.15. The third kappa shape index (κ3) is 4.67. The van der Waals surface area contributed by atoms with Crippen molar-refractivity contribution >= 4 is 28.9 Å². The largest absolute Gasteiger partial charge is 0.492 e. The Morgan fingerprint density at radius 2 is 2.13 bits per heavy atom. The topological polar surface area (TPSA) is 134 Å². The molecule has 5 rings (SSSR count). The van der Waals surface area contributed by atoms with Gasteiger partial charge >= 0.3 is 12.6 Å². The molecule has 1 aromatic carbocycles. The summed E-state index contributed by atoms with van der Waals surface area (Å²) in [6.07, 6.45) is 6.32. The Morgan fingerprint density at radius 1 is 1.29 bits per heavy atom. The molecule has 1 saturated heterocycles. The van der Waals surface area contributed by atoms with Crippen molar-refractivity contribution in [2.45, 2.75) is 26.0 Å². The van der Waals surface area contributed by atoms with Crippen molar-refractivity contribution in [2.75, 3.05) is 30.9 Å². The van der Waals surface area contributed by atoms with E-state index in [1.807, 2.05) is 0 Å². The zero-order valence-electron chi connectivity index (χ0n) is 20.4. The maximum Gasteiger partial charge on any atom is 0.387 e. The van der Waals surface area contributed by atoms with Crippen molar-refractivity contribution < 1.29 is 32.6 Å². The van der Waals surface area contributed by atoms with Gasteiger partial charge in [0, 0.05) is 31.9 Å². The lowest BCUT2D eigenvalue weighted by atomic mass is 10.1. The van der Waals surface area contributed by atoms with E-state index in [2.05, 4.69) is 25.8 Å². The molecule has 4 heterocycles. The van der Waals surface area contributed by atoms with Gasteiger partial charge in [-0.05, 0) is 19.1 Å². The van der Waals surface area contributed by atoms with Crippen molar-refractivity contribution in [3.8, 4) is 22.8 Å². The average Bonchev–Trinajstić information content (AvgIpc) is 3.62. The Balaban J connectivity index is 1.63. The number of cyclic esters (lactones) is 1. The van der Waals surface area contributed by atoms with Gasteiger partial charge in [0.1, 0.15) is 22.8 Å². The van der Waals surface area contributed by atoms with Crippen LogP contribution in [-0.4, -0.2) is 63.1 Å². The molecule has 1 unspecified atom stereocenters. The first kappa shape index (κ1) is 24.9. The van der Waals surface area contributed by atoms with Crippen molar-refractivity contribution in [2.24, 2.45) is 0 Å². The molecule has 38 heavy (non-hydrogen) atoms. The second kappa shape index (κ2) is 10.3. The van der Waals surface area contributed by atoms with E-state index in [1.165, 1.54) is 39.9 Å². The molecule has 4 aromatic rings. The first-order valence-electron chi connectivity index (χ1n) is 11.7. The standard InChI is InChI=1S/C24H23F2N7O5/c1-3-36-19-9-13(18(38-24(25)26)10-15(19)27-2)20-16(12-33(31-20)17-5-8-37-23(17)35)30-22(34)14-11-29-32-7-4-6-28-21(14)32/h4,6-7,9-12,17,24,27H,3,5,8H2,1-2H3,(H,30,34). The molecule has 1 atom stereocenters. The summed E-state index contributed by atoms with van der Waals surface area (Å²) < 4.78 is 45.1. The molecule has 1 aliphatic rings. The van der Waals surface area contributed by atoms with Gasteiger partial charge in [-0.15, -0.1) is 0 Å². The number of hydrogen-bond donors (Lipinski definition) is 2. The van der Waals surface area contributed by atoms with Crippen LogP contribution in [0.4, 0.5) is 20.2 Å². The van der Waals surface area contributed by atoms with Crippen LogP contribution in [0.1, 0.15) is 29.7 Å². The van der Waals surface area contributed by atoms with Crippen LogP contribution in [0, 0.1) is 0 Å². The molecule has 0 saturated carbocycles. The molecule has 14 heteroatoms. The summed E-state index contributed by atoms with van der Waals surface area (Å²) in [5.41, 5.74) is 1.25. The number of rotatable bonds is 9. The zero-order chi connectivity index (χ0) is 26.8. The Labute approximate surface area is 214 Å². The molecule has 1 aliphatic heterocycles. The Hall–Kier alpha value is -4.75. The van der Waals surface area contributed by atoms with E-state index in [0.717, 1.165) is 0 Å². The van der Waals surface area contributed by atoms with E-state index in [1.54, 1.807) is 26.2 Å². The van der Waals surface area contributed by atoms with Crippen LogP contribution >= 0.6 is 0 Å². The highest BCUT2D eigenvalue weighted by molar-refractivity contribution is 6.09. The van der Waals surface area contributed by atoms with E-state index < -0.39 is 24.5 Å². The van der Waals surface area contributed by atoms with Crippen LogP contribution in [-0.2, 0) is 9.53 Å². The summed E-state index contributed by atoms with van der Waals surface area (Å²) in [6.45, 7) is -0.846. The fraction of sp³-hybridized carbons (Fsp3) is 0.292. The molecule has 0 bridgehead atoms. The molecule has 198 valence electrons. The van der Waals surface area contributed by atoms with E-state index >= 15 is 0 Å². The van der Waals surface area contributed by atoms with E-state index in [4.69, 9.17) is 14.2 Å². The van der Waals surface area contributed by atoms with Gasteiger partial charge in [-0.3, -0.25) is 9.48 Å². The first-order chi connectivity index (χ1) is 18.4. The maximum absolute atomic E-state index is 13.4. The second-order valence-electron chi connectivity index (χ2n) is 8.15. The number of nitrogens with one attached hydrogen (secondary N) is 2. The monoisotopic (exact) mass is 527 g/mol. The smallest absolute Gasteiger partial charge is 0.387 e. The maximum atomic E-state index is 13.4. The summed E-state index contributed by atoms with van der Waals surface area (Å²) in [5, 5.41) is 14.3. The highest BCUT2D eigenvalue weighted by Crippen LogP contribution is 2.42. The van der Waals surface area contributed by atoms with Gasteiger partial charge in [0.25, 0.3) is 5.91 Å². The highest BCUT2D eigenvalue weighted by atomic mass is 19.3. The lowest BCUT2D eigenvalue weighted by molar-refractivity contribution is -0.140. The molecule has 2 N–H and O–H groups in total. The van der Waals surface area contributed by atoms with Crippen LogP contribution in [0.5, 0.6) is 11.5 Å². The molecular weight excluding hydrogens is 504 g/mol. The molecule has 12 nitrogen and oxygen atoms in total. The molecule has 0 radical (unpaired) electrons. The number of halogens is 2. The van der Waals surface area contributed by atoms with Crippen LogP contribution in [0.15, 0.2) is 43.0 Å². The summed E-state index contributed by atoms with van der Waals surface area (Å²) in [6, 6.07) is 3.76. The quantitative estimate of drug-likeness (QED) is 0.314. The third-order valence-electron chi connectivity index (χ3n) is 5.85. The van der Waals surface area contributed by atoms with Crippen LogP contribution < -0.4 is 20.1 Å². The number of esters is 1. The number of nitrogens with zero attached hydrogens (tertiary/aromatic N) is 5. The Bertz CT molecular complexity index is 1500. The van der Waals surface area contributed by atoms with Gasteiger partial charge < -0.3 is 24.8 Å². The summed E-state index contributed by atoms with van der Waals surface area (Å²) in [5.74, 6) is -0.916. The fourth-order valence-electron chi connectivity index (χ4n) is 4.15. The number of carbonyl (C=O) groups excluding carboxylic acids is 2. The molecule has 0 aliphatic carbocycles. The van der Waals surface area contributed by atoms with Crippen molar-refractivity contribution in [3.63, 3.8) is 0 Å². The number of alkyl halides is 2. The number of benzene rings is 1. The van der Waals surface area contributed by atoms with Gasteiger partial charge in [-0.2, -0.15) is 19.0 Å². The molecule has 1 fully saturated rings. The van der Waals surface area contributed by atoms with Crippen molar-refractivity contribution in [1.82, 2.24) is 24.4 Å². The summed E-state index contributed by atoms with van der Waals surface area (Å²) >= 11 is 0. The highest BCUT2D eigenvalue weighted by Gasteiger charge is 2.31. The number of anilines is 2. The van der Waals surface area contributed by atoms with E-state index in [9.17, 15) is 18.4 Å². The summed E-state index contributed by atoms with van der Waals surface area (Å²) in [7, 11) is 1.61. The molecule has 0 spiro atoms. The minimum Gasteiger partial charge on any atom is -0.492 e. The number of fused-ring (bicyclic) bond motifs is 1. The summed E-state index contributed by atoms with van der Waals surface area (Å²) in [4.78, 5) is 29.8. The van der Waals surface area contributed by atoms with Crippen molar-refractivity contribution in [3.05, 3.63) is 48.5 Å². The third-order valence-corrected chi connectivity index (χ3v) is 5.85. The van der Waals surface area contributed by atoms with Gasteiger partial charge in [-0.1, -0.05) is 0 Å². The Kier molecular flexibility index (Phi) is 6.77. The number of amides is 1. The minimum atomic E-state index is -3.13. The second-order valence-corrected chi connectivity index (χ2v) is 8.15. The van der Waals surface area contributed by atoms with Gasteiger partial charge in [-0.25, -0.2) is 14.3 Å². The Morgan fingerprint density at radius 3 is 2.84 bits per heavy atom. The predicted molar refractivity (Wildman–Crippen MR) is 131 cm³/mol. The average molecular weight is 527 g/mol. The van der Waals surface area contributed by atoms with Crippen molar-refractivity contribution in [1.29, 1.82) is 0 Å². The normalized spacial score (nSPS) is 15.1. The lowest BCUT2D eigenvalue weighted by Crippen LogP contribution is -2.15. The minimum absolute atomic E-state index is 0.0849. The lowest BCUT2D eigenvalue weighted by Gasteiger charge is -2.16. The molecule has 1 amide bonds. The number of carbonyl (C=O) groups is 2. The van der Waals surface area contributed by atoms with Gasteiger partial charge in [0.15, 0.2) is 11.7 Å². The SMILES string of the molecule is CCOc1cc(-c2nn(C3CCOC3=O)cc2NC(=O)c2cnn3cccnc23)c(OC(F)F)cc1NC.